The summed E-state index contributed by atoms with van der Waals surface area (Å²) in [7, 11) is 1.32. The molecule has 0 bridgehead atoms. The average Bonchev–Trinajstić information content (AvgIpc) is 3.24. The van der Waals surface area contributed by atoms with Crippen LogP contribution in [0.25, 0.3) is 10.2 Å². The maximum absolute atomic E-state index is 13.0. The molecule has 1 atom stereocenters. The Kier molecular flexibility index (Phi) is 5.41. The first-order valence-corrected chi connectivity index (χ1v) is 9.42. The number of Topliss-reactive ketones (excluding diaryl/α,β-unsaturated/α-hetero) is 1. The predicted octanol–water partition coefficient (Wildman–Crippen LogP) is 4.28. The number of rotatable bonds is 6. The van der Waals surface area contributed by atoms with E-state index in [0.29, 0.717) is 23.4 Å². The summed E-state index contributed by atoms with van der Waals surface area (Å²) in [6.45, 7) is 3.36. The second-order valence-electron chi connectivity index (χ2n) is 6.12. The molecule has 2 heterocycles. The van der Waals surface area contributed by atoms with E-state index in [2.05, 4.69) is 5.32 Å². The van der Waals surface area contributed by atoms with E-state index < -0.39 is 12.0 Å². The molecule has 0 radical (unpaired) electrons. The molecule has 1 aromatic carbocycles. The maximum Gasteiger partial charge on any atom is 0.354 e. The molecule has 0 saturated heterocycles. The van der Waals surface area contributed by atoms with Crippen LogP contribution in [-0.4, -0.2) is 29.3 Å². The summed E-state index contributed by atoms with van der Waals surface area (Å²) in [5, 5.41) is 5.67. The van der Waals surface area contributed by atoms with E-state index in [4.69, 9.17) is 4.74 Å². The highest BCUT2D eigenvalue weighted by molar-refractivity contribution is 7.16. The number of carbonyl (C=O) groups excluding carboxylic acids is 3. The number of nitrogens with one attached hydrogen (secondary N) is 1. The average molecular weight is 384 g/mol. The van der Waals surface area contributed by atoms with Crippen molar-refractivity contribution in [3.05, 3.63) is 53.0 Å². The van der Waals surface area contributed by atoms with Gasteiger partial charge in [-0.15, -0.1) is 11.3 Å². The van der Waals surface area contributed by atoms with E-state index in [0.717, 1.165) is 10.2 Å². The summed E-state index contributed by atoms with van der Waals surface area (Å²) in [6.07, 6.45) is 0.490. The van der Waals surface area contributed by atoms with Crippen LogP contribution in [0.5, 0.6) is 0 Å². The van der Waals surface area contributed by atoms with Gasteiger partial charge in [-0.2, -0.15) is 0 Å². The minimum Gasteiger partial charge on any atom is -0.464 e. The molecule has 0 aliphatic heterocycles. The summed E-state index contributed by atoms with van der Waals surface area (Å²) in [4.78, 5) is 37.6. The van der Waals surface area contributed by atoms with Crippen molar-refractivity contribution in [3.8, 4) is 0 Å². The Labute approximate surface area is 160 Å². The van der Waals surface area contributed by atoms with Gasteiger partial charge in [-0.3, -0.25) is 9.59 Å². The standard InChI is InChI=1S/C20H20N2O4S/c1-4-16(18(24)21-15-7-5-6-13(10-15)12(2)23)22-17(20(25)26-3)11-14-8-9-27-19(14)22/h5-11,16H,4H2,1-3H3,(H,21,24). The summed E-state index contributed by atoms with van der Waals surface area (Å²) < 4.78 is 6.62. The Bertz CT molecular complexity index is 1020. The van der Waals surface area contributed by atoms with Gasteiger partial charge in [0.25, 0.3) is 0 Å². The van der Waals surface area contributed by atoms with Gasteiger partial charge in [-0.25, -0.2) is 4.79 Å². The molecule has 2 aromatic heterocycles. The number of fused-ring (bicyclic) bond motifs is 1. The van der Waals surface area contributed by atoms with Crippen LogP contribution in [0.15, 0.2) is 41.8 Å². The molecule has 140 valence electrons. The van der Waals surface area contributed by atoms with Crippen molar-refractivity contribution in [2.75, 3.05) is 12.4 Å². The lowest BCUT2D eigenvalue weighted by Crippen LogP contribution is -2.27. The van der Waals surface area contributed by atoms with Gasteiger partial charge in [0.15, 0.2) is 5.78 Å². The predicted molar refractivity (Wildman–Crippen MR) is 106 cm³/mol. The number of methoxy groups -OCH3 is 1. The number of ketones is 1. The molecule has 0 spiro atoms. The van der Waals surface area contributed by atoms with Crippen LogP contribution in [0, 0.1) is 0 Å². The zero-order valence-corrected chi connectivity index (χ0v) is 16.1. The Hall–Kier alpha value is -2.93. The molecular formula is C20H20N2O4S. The van der Waals surface area contributed by atoms with Gasteiger partial charge in [0.1, 0.15) is 16.6 Å². The van der Waals surface area contributed by atoms with Crippen molar-refractivity contribution in [1.29, 1.82) is 0 Å². The zero-order chi connectivity index (χ0) is 19.6. The van der Waals surface area contributed by atoms with E-state index in [1.807, 2.05) is 18.4 Å². The van der Waals surface area contributed by atoms with Crippen LogP contribution in [0.2, 0.25) is 0 Å². The Balaban J connectivity index is 1.97. The first kappa shape index (κ1) is 18.8. The summed E-state index contributed by atoms with van der Waals surface area (Å²) in [6, 6.07) is 9.86. The first-order valence-electron chi connectivity index (χ1n) is 8.54. The number of thiophene rings is 1. The van der Waals surface area contributed by atoms with Gasteiger partial charge < -0.3 is 14.6 Å². The molecule has 7 heteroatoms. The lowest BCUT2D eigenvalue weighted by molar-refractivity contribution is -0.119. The maximum atomic E-state index is 13.0. The van der Waals surface area contributed by atoms with Crippen molar-refractivity contribution >= 4 is 44.9 Å². The van der Waals surface area contributed by atoms with Gasteiger partial charge in [0, 0.05) is 16.6 Å². The molecule has 3 aromatic rings. The quantitative estimate of drug-likeness (QED) is 0.508. The Morgan fingerprint density at radius 2 is 2.00 bits per heavy atom. The van der Waals surface area contributed by atoms with Crippen molar-refractivity contribution in [2.24, 2.45) is 0 Å². The fourth-order valence-electron chi connectivity index (χ4n) is 3.04. The van der Waals surface area contributed by atoms with Crippen molar-refractivity contribution < 1.29 is 19.1 Å². The number of benzene rings is 1. The number of amides is 1. The van der Waals surface area contributed by atoms with Crippen LogP contribution < -0.4 is 5.32 Å². The zero-order valence-electron chi connectivity index (χ0n) is 15.3. The molecule has 27 heavy (non-hydrogen) atoms. The Morgan fingerprint density at radius 3 is 2.67 bits per heavy atom. The fourth-order valence-corrected chi connectivity index (χ4v) is 3.99. The third-order valence-electron chi connectivity index (χ3n) is 4.38. The number of hydrogen-bond acceptors (Lipinski definition) is 5. The smallest absolute Gasteiger partial charge is 0.354 e. The highest BCUT2D eigenvalue weighted by Gasteiger charge is 2.27. The van der Waals surface area contributed by atoms with Gasteiger partial charge in [-0.05, 0) is 43.0 Å². The van der Waals surface area contributed by atoms with Gasteiger partial charge >= 0.3 is 5.97 Å². The van der Waals surface area contributed by atoms with Crippen LogP contribution in [0.3, 0.4) is 0 Å². The van der Waals surface area contributed by atoms with Gasteiger partial charge in [0.05, 0.1) is 7.11 Å². The third-order valence-corrected chi connectivity index (χ3v) is 5.30. The summed E-state index contributed by atoms with van der Waals surface area (Å²) >= 11 is 1.47. The minimum atomic E-state index is -0.587. The first-order chi connectivity index (χ1) is 13.0. The SMILES string of the molecule is CCC(C(=O)Nc1cccc(C(C)=O)c1)n1c(C(=O)OC)cc2ccsc21. The number of hydrogen-bond donors (Lipinski definition) is 1. The topological polar surface area (TPSA) is 77.4 Å². The summed E-state index contributed by atoms with van der Waals surface area (Å²) in [5.41, 5.74) is 1.41. The van der Waals surface area contributed by atoms with Crippen LogP contribution >= 0.6 is 11.3 Å². The normalized spacial score (nSPS) is 12.0. The molecule has 1 unspecified atom stereocenters. The molecule has 0 saturated carbocycles. The molecule has 0 aliphatic carbocycles. The fraction of sp³-hybridized carbons (Fsp3) is 0.250. The molecule has 6 nitrogen and oxygen atoms in total. The molecule has 3 rings (SSSR count). The largest absolute Gasteiger partial charge is 0.464 e. The van der Waals surface area contributed by atoms with Crippen LogP contribution in [-0.2, 0) is 9.53 Å². The minimum absolute atomic E-state index is 0.0724. The van der Waals surface area contributed by atoms with Crippen molar-refractivity contribution in [3.63, 3.8) is 0 Å². The lowest BCUT2D eigenvalue weighted by Gasteiger charge is -2.20. The summed E-state index contributed by atoms with van der Waals surface area (Å²) in [5.74, 6) is -0.811. The number of anilines is 1. The number of esters is 1. The van der Waals surface area contributed by atoms with Gasteiger partial charge in [-0.1, -0.05) is 19.1 Å². The van der Waals surface area contributed by atoms with Crippen molar-refractivity contribution in [1.82, 2.24) is 4.57 Å². The van der Waals surface area contributed by atoms with E-state index in [9.17, 15) is 14.4 Å². The van der Waals surface area contributed by atoms with E-state index in [1.54, 1.807) is 34.9 Å². The van der Waals surface area contributed by atoms with E-state index in [-0.39, 0.29) is 11.7 Å². The molecule has 1 amide bonds. The monoisotopic (exact) mass is 384 g/mol. The number of carbonyl (C=O) groups is 3. The van der Waals surface area contributed by atoms with Crippen LogP contribution in [0.4, 0.5) is 5.69 Å². The number of nitrogens with zero attached hydrogens (tertiary/aromatic N) is 1. The van der Waals surface area contributed by atoms with E-state index >= 15 is 0 Å². The lowest BCUT2D eigenvalue weighted by atomic mass is 10.1. The second kappa shape index (κ2) is 7.75. The number of ether oxygens (including phenoxy) is 1. The number of aromatic nitrogens is 1. The van der Waals surface area contributed by atoms with Crippen LogP contribution in [0.1, 0.15) is 47.2 Å². The Morgan fingerprint density at radius 1 is 1.22 bits per heavy atom. The molecular weight excluding hydrogens is 364 g/mol. The molecule has 1 N–H and O–H groups in total. The third kappa shape index (κ3) is 3.64. The van der Waals surface area contributed by atoms with E-state index in [1.165, 1.54) is 25.4 Å². The molecule has 0 aliphatic rings. The highest BCUT2D eigenvalue weighted by Crippen LogP contribution is 2.31. The molecule has 0 fully saturated rings. The highest BCUT2D eigenvalue weighted by atomic mass is 32.1. The van der Waals surface area contributed by atoms with Crippen molar-refractivity contribution in [2.45, 2.75) is 26.3 Å². The van der Waals surface area contributed by atoms with Gasteiger partial charge in [0.2, 0.25) is 5.91 Å². The second-order valence-corrected chi connectivity index (χ2v) is 7.02.